The molecule has 12 N–H and O–H groups in total. The van der Waals surface area contributed by atoms with E-state index in [1.807, 2.05) is 274 Å². The second-order valence-electron chi connectivity index (χ2n) is 34.6. The number of hydrogen-bond acceptors (Lipinski definition) is 20. The summed E-state index contributed by atoms with van der Waals surface area (Å²) in [7, 11) is 7.73. The Hall–Kier alpha value is -18.1. The van der Waals surface area contributed by atoms with Gasteiger partial charge in [0, 0.05) is 44.1 Å². The van der Waals surface area contributed by atoms with Gasteiger partial charge in [-0.25, -0.2) is 0 Å². The molecule has 0 atom stereocenters. The summed E-state index contributed by atoms with van der Waals surface area (Å²) in [5.41, 5.74) is 8.32. The molecule has 0 fully saturated rings. The summed E-state index contributed by atoms with van der Waals surface area (Å²) in [5.74, 6) is 0.224. The van der Waals surface area contributed by atoms with Gasteiger partial charge in [-0.3, -0.25) is 28.8 Å². The predicted molar refractivity (Wildman–Crippen MR) is 587 cm³/mol. The minimum atomic E-state index is -0.429. The number of benzene rings is 19. The third kappa shape index (κ3) is 24.7. The first-order chi connectivity index (χ1) is 70.5. The average molecular weight is 1980 g/mol. The van der Waals surface area contributed by atoms with Crippen molar-refractivity contribution in [2.45, 2.75) is 42.9 Å². The number of phenolic OH excluding ortho intramolecular Hbond substituents is 6. The summed E-state index contributed by atoms with van der Waals surface area (Å²) >= 11 is 3.25. The highest BCUT2D eigenvalue weighted by Crippen LogP contribution is 2.41. The van der Waals surface area contributed by atoms with Crippen LogP contribution in [-0.2, 0) is 5.41 Å². The van der Waals surface area contributed by atoms with E-state index < -0.39 is 11.8 Å². The number of rotatable bonds is 19. The molecule has 1 aromatic heterocycles. The first-order valence-corrected chi connectivity index (χ1v) is 48.4. The Morgan fingerprint density at radius 3 is 0.932 bits per heavy atom. The Bertz CT molecular complexity index is 8310. The van der Waals surface area contributed by atoms with Gasteiger partial charge in [-0.1, -0.05) is 203 Å². The molecule has 26 heteroatoms. The number of furan rings is 1. The van der Waals surface area contributed by atoms with Crippen LogP contribution in [0.25, 0.3) is 86.6 Å². The van der Waals surface area contributed by atoms with Crippen molar-refractivity contribution in [1.29, 1.82) is 0 Å². The molecule has 0 bridgehead atoms. The molecule has 0 saturated heterocycles. The van der Waals surface area contributed by atoms with E-state index in [4.69, 9.17) is 28.1 Å². The number of amides is 6. The Morgan fingerprint density at radius 2 is 0.575 bits per heavy atom. The van der Waals surface area contributed by atoms with Crippen LogP contribution < -0.4 is 55.6 Å². The SMILES string of the molecule is COc1cc2c(cc1NC(=O)c1cc3ccccc3cc1O)oc1ccccc12.COc1ccc(C(C)(C)C)cc1NC(=O)c1cc2ccccc2cc1O.COc1ccc(C)cc1NC(=O)c1cc2ccccc2cc1O.COc1ccc(OC)c(NC(=O)c2cc3ccccc3cc2O)c1.CSc1ccc(NC(=O)c2cc3ccccc3cc2O)cc1.CSc1cccc(NC(=O)c2cc3ccccc3cc2O)c1. The highest BCUT2D eigenvalue weighted by atomic mass is 32.2. The number of thioether (sulfide) groups is 2. The van der Waals surface area contributed by atoms with E-state index in [1.165, 1.54) is 7.11 Å². The number of para-hydroxylation sites is 1. The molecule has 0 unspecified atom stereocenters. The van der Waals surface area contributed by atoms with E-state index in [9.17, 15) is 59.4 Å². The Labute approximate surface area is 850 Å². The topological polar surface area (TPSA) is 355 Å². The molecule has 0 spiro atoms. The molecule has 0 aliphatic rings. The number of phenols is 6. The molecule has 734 valence electrons. The lowest BCUT2D eigenvalue weighted by Crippen LogP contribution is -2.15. The smallest absolute Gasteiger partial charge is 0.259 e. The zero-order chi connectivity index (χ0) is 103. The minimum absolute atomic E-state index is 0.0165. The van der Waals surface area contributed by atoms with Gasteiger partial charge in [0.1, 0.15) is 74.4 Å². The van der Waals surface area contributed by atoms with Crippen molar-refractivity contribution in [3.05, 3.63) is 402 Å². The van der Waals surface area contributed by atoms with Crippen molar-refractivity contribution in [2.24, 2.45) is 0 Å². The monoisotopic (exact) mass is 1980 g/mol. The maximum Gasteiger partial charge on any atom is 0.259 e. The van der Waals surface area contributed by atoms with Gasteiger partial charge in [0.15, 0.2) is 0 Å². The third-order valence-electron chi connectivity index (χ3n) is 23.8. The second kappa shape index (κ2) is 46.5. The summed E-state index contributed by atoms with van der Waals surface area (Å²) < 4.78 is 32.4. The van der Waals surface area contributed by atoms with Crippen molar-refractivity contribution in [3.63, 3.8) is 0 Å². The van der Waals surface area contributed by atoms with E-state index in [2.05, 4.69) is 52.7 Å². The molecule has 6 amide bonds. The van der Waals surface area contributed by atoms with Crippen LogP contribution in [0, 0.1) is 6.92 Å². The number of nitrogens with one attached hydrogen (secondary N) is 6. The summed E-state index contributed by atoms with van der Waals surface area (Å²) in [6, 6.07) is 108. The van der Waals surface area contributed by atoms with Gasteiger partial charge in [-0.05, 0) is 264 Å². The van der Waals surface area contributed by atoms with Gasteiger partial charge in [0.2, 0.25) is 0 Å². The van der Waals surface area contributed by atoms with Crippen molar-refractivity contribution in [2.75, 3.05) is 80.0 Å². The first kappa shape index (κ1) is 102. The molecule has 0 radical (unpaired) electrons. The van der Waals surface area contributed by atoms with Crippen LogP contribution >= 0.6 is 23.5 Å². The molecular weight excluding hydrogens is 1880 g/mol. The number of ether oxygens (including phenoxy) is 5. The number of fused-ring (bicyclic) bond motifs is 9. The molecule has 146 heavy (non-hydrogen) atoms. The Balaban J connectivity index is 0.000000132. The Kier molecular flexibility index (Phi) is 32.6. The fourth-order valence-corrected chi connectivity index (χ4v) is 17.0. The zero-order valence-corrected chi connectivity index (χ0v) is 83.1. The summed E-state index contributed by atoms with van der Waals surface area (Å²) in [4.78, 5) is 77.7. The van der Waals surface area contributed by atoms with Crippen molar-refractivity contribution < 1.29 is 87.5 Å². The summed E-state index contributed by atoms with van der Waals surface area (Å²) in [6.45, 7) is 8.25. The van der Waals surface area contributed by atoms with E-state index in [-0.39, 0.29) is 96.9 Å². The molecule has 24 nitrogen and oxygen atoms in total. The normalized spacial score (nSPS) is 10.8. The van der Waals surface area contributed by atoms with Gasteiger partial charge in [-0.15, -0.1) is 23.5 Å². The lowest BCUT2D eigenvalue weighted by molar-refractivity contribution is 0.101. The number of aromatic hydroxyl groups is 6. The zero-order valence-electron chi connectivity index (χ0n) is 81.5. The van der Waals surface area contributed by atoms with E-state index >= 15 is 0 Å². The highest BCUT2D eigenvalue weighted by Gasteiger charge is 2.25. The van der Waals surface area contributed by atoms with Crippen LogP contribution in [0.5, 0.6) is 63.2 Å². The van der Waals surface area contributed by atoms with Crippen LogP contribution in [-0.4, -0.2) is 114 Å². The van der Waals surface area contributed by atoms with Gasteiger partial charge >= 0.3 is 0 Å². The van der Waals surface area contributed by atoms with Gasteiger partial charge < -0.3 is 90.6 Å². The molecule has 0 aliphatic carbocycles. The molecular formula is C120H104N6O18S2. The van der Waals surface area contributed by atoms with Gasteiger partial charge in [-0.2, -0.15) is 0 Å². The predicted octanol–water partition coefficient (Wildman–Crippen LogP) is 27.8. The third-order valence-corrected chi connectivity index (χ3v) is 25.3. The summed E-state index contributed by atoms with van der Waals surface area (Å²) in [5, 5.41) is 90.6. The number of aryl methyl sites for hydroxylation is 1. The van der Waals surface area contributed by atoms with Gasteiger partial charge in [0.25, 0.3) is 35.4 Å². The average Bonchev–Trinajstić information content (AvgIpc) is 1.62. The van der Waals surface area contributed by atoms with Crippen LogP contribution in [0.15, 0.2) is 372 Å². The lowest BCUT2D eigenvalue weighted by Gasteiger charge is -2.21. The molecule has 1 heterocycles. The van der Waals surface area contributed by atoms with E-state index in [1.54, 1.807) is 155 Å². The van der Waals surface area contributed by atoms with Gasteiger partial charge in [0.05, 0.1) is 91.7 Å². The fourth-order valence-electron chi connectivity index (χ4n) is 16.1. The molecule has 19 aromatic carbocycles. The van der Waals surface area contributed by atoms with Crippen LogP contribution in [0.3, 0.4) is 0 Å². The van der Waals surface area contributed by atoms with E-state index in [0.29, 0.717) is 68.5 Å². The lowest BCUT2D eigenvalue weighted by atomic mass is 9.87. The quantitative estimate of drug-likeness (QED) is 0.0335. The standard InChI is InChI=1S/C24H17NO4.C22H23NO3.C19H17NO4.C19H17NO3.2C18H15NO2S/c1-28-23-12-17-16-8-4-5-9-21(16)29-22(17)13-19(23)25-24(27)18-10-14-6-2-3-7-15(14)11-20(18)26;1-22(2,3)16-9-10-20(26-4)18(13-16)23-21(25)17-11-14-7-5-6-8-15(14)12-19(17)24;1-23-14-7-8-18(24-2)16(11-14)20-19(22)15-9-12-5-3-4-6-13(12)10-17(15)21;1-12-7-8-18(23-2)16(9-12)20-19(22)15-10-13-5-3-4-6-14(13)11-17(15)21;1-22-15-8-4-7-14(11-15)19-18(21)16-9-12-5-2-3-6-13(12)10-17(16)20;1-22-15-8-6-14(7-9-15)19-18(21)16-10-12-4-2-3-5-13(12)11-17(16)20/h2-13,26H,1H3,(H,25,27);5-13,24H,1-4H3,(H,23,25);3-11,21H,1-2H3,(H,20,22);3-11,21H,1-2H3,(H,20,22);2*2-11,20H,1H3,(H,19,21). The van der Waals surface area contributed by atoms with Crippen molar-refractivity contribution >= 4 is 180 Å². The van der Waals surface area contributed by atoms with Crippen molar-refractivity contribution in [1.82, 2.24) is 0 Å². The number of anilines is 6. The molecule has 0 saturated carbocycles. The minimum Gasteiger partial charge on any atom is -0.507 e. The number of carbonyl (C=O) groups excluding carboxylic acids is 6. The number of carbonyl (C=O) groups is 6. The maximum absolute atomic E-state index is 12.9. The molecule has 20 aromatic rings. The summed E-state index contributed by atoms with van der Waals surface area (Å²) in [6.07, 6.45) is 3.98. The first-order valence-electron chi connectivity index (χ1n) is 46.0. The fraction of sp³-hybridized carbons (Fsp3) is 0.100. The van der Waals surface area contributed by atoms with E-state index in [0.717, 1.165) is 102 Å². The maximum atomic E-state index is 12.9. The van der Waals surface area contributed by atoms with Crippen molar-refractivity contribution in [3.8, 4) is 63.2 Å². The van der Waals surface area contributed by atoms with Crippen LogP contribution in [0.4, 0.5) is 34.1 Å². The van der Waals surface area contributed by atoms with Crippen LogP contribution in [0.2, 0.25) is 0 Å². The number of methoxy groups -OCH3 is 5. The largest absolute Gasteiger partial charge is 0.507 e. The number of hydrogen-bond donors (Lipinski definition) is 12. The van der Waals surface area contributed by atoms with Crippen LogP contribution in [0.1, 0.15) is 94.0 Å². The Morgan fingerprint density at radius 1 is 0.260 bits per heavy atom. The highest BCUT2D eigenvalue weighted by molar-refractivity contribution is 7.98. The second-order valence-corrected chi connectivity index (χ2v) is 36.3. The molecule has 0 aliphatic heterocycles. The molecule has 20 rings (SSSR count).